The van der Waals surface area contributed by atoms with Gasteiger partial charge in [0.2, 0.25) is 0 Å². The summed E-state index contributed by atoms with van der Waals surface area (Å²) in [4.78, 5) is 35.5. The lowest BCUT2D eigenvalue weighted by Crippen LogP contribution is -2.37. The molecular weight excluding hydrogens is 352 g/mol. The number of phenolic OH excluding ortho intramolecular Hbond substituents is 1. The molecule has 27 heavy (non-hydrogen) atoms. The van der Waals surface area contributed by atoms with Gasteiger partial charge in [0.25, 0.3) is 5.91 Å². The number of amides is 3. The number of nitrogens with one attached hydrogen (secondary N) is 2. The number of hydrogen-bond donors (Lipinski definition) is 3. The van der Waals surface area contributed by atoms with Crippen molar-refractivity contribution in [2.45, 2.75) is 13.8 Å². The van der Waals surface area contributed by atoms with Gasteiger partial charge in [-0.05, 0) is 49.2 Å². The van der Waals surface area contributed by atoms with Crippen LogP contribution in [0, 0.1) is 13.8 Å². The first-order valence-corrected chi connectivity index (χ1v) is 8.02. The van der Waals surface area contributed by atoms with Gasteiger partial charge in [0.05, 0.1) is 7.11 Å². The maximum atomic E-state index is 11.9. The average Bonchev–Trinajstić information content (AvgIpc) is 2.62. The van der Waals surface area contributed by atoms with E-state index in [1.807, 2.05) is 19.9 Å². The second-order valence-electron chi connectivity index (χ2n) is 5.76. The summed E-state index contributed by atoms with van der Waals surface area (Å²) in [6.07, 6.45) is 0. The molecule has 0 saturated heterocycles. The van der Waals surface area contributed by atoms with Crippen LogP contribution in [0.2, 0.25) is 0 Å². The topological polar surface area (TPSA) is 114 Å². The van der Waals surface area contributed by atoms with Gasteiger partial charge in [-0.1, -0.05) is 6.07 Å². The third kappa shape index (κ3) is 5.46. The van der Waals surface area contributed by atoms with Crippen molar-refractivity contribution in [1.29, 1.82) is 0 Å². The first kappa shape index (κ1) is 19.8. The Kier molecular flexibility index (Phi) is 6.37. The highest BCUT2D eigenvalue weighted by Crippen LogP contribution is 2.23. The smallest absolute Gasteiger partial charge is 0.342 e. The average molecular weight is 372 g/mol. The van der Waals surface area contributed by atoms with E-state index in [9.17, 15) is 19.5 Å². The van der Waals surface area contributed by atoms with Crippen molar-refractivity contribution in [2.75, 3.05) is 19.0 Å². The normalized spacial score (nSPS) is 10.0. The molecular formula is C19H20N2O6. The van der Waals surface area contributed by atoms with E-state index in [1.165, 1.54) is 25.3 Å². The summed E-state index contributed by atoms with van der Waals surface area (Å²) in [5.74, 6) is -1.69. The van der Waals surface area contributed by atoms with Crippen molar-refractivity contribution < 1.29 is 29.0 Å². The molecule has 3 N–H and O–H groups in total. The summed E-state index contributed by atoms with van der Waals surface area (Å²) < 4.78 is 9.71. The van der Waals surface area contributed by atoms with E-state index < -0.39 is 24.5 Å². The molecule has 0 saturated carbocycles. The Bertz CT molecular complexity index is 878. The molecule has 8 nitrogen and oxygen atoms in total. The zero-order chi connectivity index (χ0) is 20.0. The minimum atomic E-state index is -0.903. The number of anilines is 1. The summed E-state index contributed by atoms with van der Waals surface area (Å²) >= 11 is 0. The molecule has 142 valence electrons. The third-order valence-corrected chi connectivity index (χ3v) is 3.78. The van der Waals surface area contributed by atoms with Crippen LogP contribution < -0.4 is 15.4 Å². The Labute approximate surface area is 156 Å². The lowest BCUT2D eigenvalue weighted by Gasteiger charge is -2.09. The lowest BCUT2D eigenvalue weighted by atomic mass is 10.1. The van der Waals surface area contributed by atoms with Gasteiger partial charge >= 0.3 is 12.0 Å². The molecule has 0 unspecified atom stereocenters. The van der Waals surface area contributed by atoms with E-state index in [4.69, 9.17) is 9.47 Å². The number of carbonyl (C=O) groups excluding carboxylic acids is 3. The van der Waals surface area contributed by atoms with E-state index in [1.54, 1.807) is 12.1 Å². The summed E-state index contributed by atoms with van der Waals surface area (Å²) in [6.45, 7) is 3.17. The van der Waals surface area contributed by atoms with Gasteiger partial charge in [0, 0.05) is 11.8 Å². The van der Waals surface area contributed by atoms with Crippen LogP contribution in [-0.2, 0) is 9.53 Å². The maximum Gasteiger partial charge on any atom is 0.342 e. The number of esters is 1. The minimum Gasteiger partial charge on any atom is -0.507 e. The van der Waals surface area contributed by atoms with Crippen LogP contribution in [0.4, 0.5) is 10.5 Å². The van der Waals surface area contributed by atoms with E-state index >= 15 is 0 Å². The highest BCUT2D eigenvalue weighted by molar-refractivity contribution is 6.02. The van der Waals surface area contributed by atoms with Crippen LogP contribution in [0.5, 0.6) is 11.5 Å². The molecule has 0 aliphatic carbocycles. The quantitative estimate of drug-likeness (QED) is 0.695. The standard InChI is InChI=1S/C19H20N2O6/c1-11-4-5-13(8-12(11)2)20-19(25)21-17(23)10-27-18(24)15-7-6-14(26-3)9-16(15)22/h4-9,22H,10H2,1-3H3,(H2,20,21,23,25). The number of ether oxygens (including phenoxy) is 2. The van der Waals surface area contributed by atoms with Crippen LogP contribution in [0.25, 0.3) is 0 Å². The predicted octanol–water partition coefficient (Wildman–Crippen LogP) is 2.52. The van der Waals surface area contributed by atoms with Crippen molar-refractivity contribution in [3.05, 3.63) is 53.1 Å². The fourth-order valence-electron chi connectivity index (χ4n) is 2.16. The summed E-state index contributed by atoms with van der Waals surface area (Å²) in [7, 11) is 1.42. The molecule has 3 amide bonds. The molecule has 0 spiro atoms. The van der Waals surface area contributed by atoms with Gasteiger partial charge in [-0.2, -0.15) is 0 Å². The molecule has 0 heterocycles. The van der Waals surface area contributed by atoms with Gasteiger partial charge in [0.1, 0.15) is 17.1 Å². The lowest BCUT2D eigenvalue weighted by molar-refractivity contribution is -0.123. The largest absolute Gasteiger partial charge is 0.507 e. The molecule has 0 aliphatic heterocycles. The highest BCUT2D eigenvalue weighted by Gasteiger charge is 2.16. The number of aryl methyl sites for hydroxylation is 2. The van der Waals surface area contributed by atoms with Crippen molar-refractivity contribution in [3.8, 4) is 11.5 Å². The molecule has 8 heteroatoms. The fraction of sp³-hybridized carbons (Fsp3) is 0.211. The number of hydrogen-bond acceptors (Lipinski definition) is 6. The Morgan fingerprint density at radius 1 is 1.04 bits per heavy atom. The molecule has 2 aromatic carbocycles. The zero-order valence-electron chi connectivity index (χ0n) is 15.2. The van der Waals surface area contributed by atoms with Crippen LogP contribution in [0.1, 0.15) is 21.5 Å². The van der Waals surface area contributed by atoms with Crippen LogP contribution in [0.15, 0.2) is 36.4 Å². The van der Waals surface area contributed by atoms with Gasteiger partial charge in [-0.3, -0.25) is 10.1 Å². The second kappa shape index (κ2) is 8.70. The van der Waals surface area contributed by atoms with Gasteiger partial charge in [0.15, 0.2) is 6.61 Å². The molecule has 0 aliphatic rings. The van der Waals surface area contributed by atoms with Crippen molar-refractivity contribution in [3.63, 3.8) is 0 Å². The van der Waals surface area contributed by atoms with Crippen LogP contribution >= 0.6 is 0 Å². The van der Waals surface area contributed by atoms with E-state index in [-0.39, 0.29) is 11.3 Å². The maximum absolute atomic E-state index is 11.9. The van der Waals surface area contributed by atoms with Crippen molar-refractivity contribution in [2.24, 2.45) is 0 Å². The molecule has 0 fully saturated rings. The zero-order valence-corrected chi connectivity index (χ0v) is 15.2. The summed E-state index contributed by atoms with van der Waals surface area (Å²) in [5.41, 5.74) is 2.48. The molecule has 2 aromatic rings. The summed E-state index contributed by atoms with van der Waals surface area (Å²) in [6, 6.07) is 8.59. The first-order valence-electron chi connectivity index (χ1n) is 8.02. The van der Waals surface area contributed by atoms with Gasteiger partial charge in [-0.15, -0.1) is 0 Å². The predicted molar refractivity (Wildman–Crippen MR) is 98.0 cm³/mol. The van der Waals surface area contributed by atoms with Crippen LogP contribution in [-0.4, -0.2) is 36.7 Å². The number of benzene rings is 2. The number of rotatable bonds is 5. The fourth-order valence-corrected chi connectivity index (χ4v) is 2.16. The molecule has 0 aromatic heterocycles. The minimum absolute atomic E-state index is 0.122. The first-order chi connectivity index (χ1) is 12.8. The number of aromatic hydroxyl groups is 1. The Hall–Kier alpha value is -3.55. The van der Waals surface area contributed by atoms with E-state index in [0.29, 0.717) is 11.4 Å². The Balaban J connectivity index is 1.85. The summed E-state index contributed by atoms with van der Waals surface area (Å²) in [5, 5.41) is 14.3. The molecule has 0 bridgehead atoms. The monoisotopic (exact) mass is 372 g/mol. The molecule has 2 rings (SSSR count). The number of phenols is 1. The Morgan fingerprint density at radius 2 is 1.78 bits per heavy atom. The third-order valence-electron chi connectivity index (χ3n) is 3.78. The van der Waals surface area contributed by atoms with Gasteiger partial charge in [-0.25, -0.2) is 9.59 Å². The second-order valence-corrected chi connectivity index (χ2v) is 5.76. The van der Waals surface area contributed by atoms with Crippen molar-refractivity contribution >= 4 is 23.6 Å². The molecule has 0 atom stereocenters. The van der Waals surface area contributed by atoms with Gasteiger partial charge < -0.3 is 19.9 Å². The number of imide groups is 1. The number of methoxy groups -OCH3 is 1. The van der Waals surface area contributed by atoms with Crippen molar-refractivity contribution in [1.82, 2.24) is 5.32 Å². The Morgan fingerprint density at radius 3 is 2.41 bits per heavy atom. The molecule has 0 radical (unpaired) electrons. The van der Waals surface area contributed by atoms with Crippen LogP contribution in [0.3, 0.4) is 0 Å². The SMILES string of the molecule is COc1ccc(C(=O)OCC(=O)NC(=O)Nc2ccc(C)c(C)c2)c(O)c1. The number of carbonyl (C=O) groups is 3. The van der Waals surface area contributed by atoms with E-state index in [0.717, 1.165) is 11.1 Å². The van der Waals surface area contributed by atoms with E-state index in [2.05, 4.69) is 10.6 Å². The number of urea groups is 1. The highest BCUT2D eigenvalue weighted by atomic mass is 16.5.